The third-order valence-corrected chi connectivity index (χ3v) is 4.42. The van der Waals surface area contributed by atoms with E-state index in [2.05, 4.69) is 38.8 Å². The van der Waals surface area contributed by atoms with Crippen LogP contribution in [0.4, 0.5) is 0 Å². The summed E-state index contributed by atoms with van der Waals surface area (Å²) in [6.45, 7) is 6.15. The van der Waals surface area contributed by atoms with Crippen molar-refractivity contribution in [1.29, 1.82) is 0 Å². The third kappa shape index (κ3) is 2.20. The predicted octanol–water partition coefficient (Wildman–Crippen LogP) is 1.66. The van der Waals surface area contributed by atoms with Crippen LogP contribution in [0.3, 0.4) is 0 Å². The summed E-state index contributed by atoms with van der Waals surface area (Å²) in [5.74, 6) is 2.76. The molecule has 0 radical (unpaired) electrons. The van der Waals surface area contributed by atoms with Crippen molar-refractivity contribution in [3.8, 4) is 0 Å². The van der Waals surface area contributed by atoms with E-state index in [1.807, 2.05) is 6.07 Å². The van der Waals surface area contributed by atoms with Crippen LogP contribution >= 0.6 is 0 Å². The average molecular weight is 300 g/mol. The second kappa shape index (κ2) is 4.93. The molecule has 0 atom stereocenters. The number of carbonyl (C=O) groups excluding carboxylic acids is 1. The van der Waals surface area contributed by atoms with Gasteiger partial charge in [0.05, 0.1) is 6.54 Å². The van der Waals surface area contributed by atoms with Crippen LogP contribution in [0.1, 0.15) is 66.4 Å². The molecule has 22 heavy (non-hydrogen) atoms. The van der Waals surface area contributed by atoms with E-state index in [1.54, 1.807) is 4.90 Å². The van der Waals surface area contributed by atoms with E-state index >= 15 is 0 Å². The van der Waals surface area contributed by atoms with Crippen molar-refractivity contribution in [1.82, 2.24) is 29.9 Å². The normalized spacial score (nSPS) is 17.9. The number of H-pyrrole nitrogens is 1. The maximum Gasteiger partial charge on any atom is 0.274 e. The summed E-state index contributed by atoms with van der Waals surface area (Å²) in [7, 11) is 0. The van der Waals surface area contributed by atoms with Crippen LogP contribution in [0.15, 0.2) is 6.07 Å². The van der Waals surface area contributed by atoms with Crippen LogP contribution in [0.25, 0.3) is 0 Å². The van der Waals surface area contributed by atoms with Crippen molar-refractivity contribution in [3.05, 3.63) is 29.1 Å². The highest BCUT2D eigenvalue weighted by Crippen LogP contribution is 2.39. The van der Waals surface area contributed by atoms with Gasteiger partial charge in [0.1, 0.15) is 11.5 Å². The second-order valence-electron chi connectivity index (χ2n) is 6.49. The van der Waals surface area contributed by atoms with Gasteiger partial charge in [0.2, 0.25) is 0 Å². The molecule has 1 amide bonds. The van der Waals surface area contributed by atoms with Gasteiger partial charge < -0.3 is 9.47 Å². The molecule has 1 aliphatic carbocycles. The summed E-state index contributed by atoms with van der Waals surface area (Å²) in [5, 5.41) is 15.7. The van der Waals surface area contributed by atoms with Crippen molar-refractivity contribution < 1.29 is 4.79 Å². The first-order chi connectivity index (χ1) is 10.6. The molecule has 1 fully saturated rings. The average Bonchev–Trinajstić information content (AvgIpc) is 3.10. The first-order valence-electron chi connectivity index (χ1n) is 7.90. The van der Waals surface area contributed by atoms with Gasteiger partial charge in [0.25, 0.3) is 5.91 Å². The van der Waals surface area contributed by atoms with E-state index < -0.39 is 0 Å². The number of hydrogen-bond donors (Lipinski definition) is 1. The predicted molar refractivity (Wildman–Crippen MR) is 79.4 cm³/mol. The van der Waals surface area contributed by atoms with Crippen molar-refractivity contribution >= 4 is 5.91 Å². The lowest BCUT2D eigenvalue weighted by molar-refractivity contribution is 0.0700. The largest absolute Gasteiger partial charge is 0.328 e. The van der Waals surface area contributed by atoms with Gasteiger partial charge in [-0.15, -0.1) is 10.2 Å². The van der Waals surface area contributed by atoms with Gasteiger partial charge in [0.15, 0.2) is 5.82 Å². The fourth-order valence-electron chi connectivity index (χ4n) is 2.99. The Labute approximate surface area is 128 Å². The summed E-state index contributed by atoms with van der Waals surface area (Å²) in [6.07, 6.45) is 2.39. The zero-order chi connectivity index (χ0) is 15.3. The summed E-state index contributed by atoms with van der Waals surface area (Å²) < 4.78 is 2.13. The SMILES string of the molecule is CC(C)c1nnc2n1CCN(C(=O)c1cc(C3CC3)[nH]n1)C2. The molecule has 0 aromatic carbocycles. The molecule has 116 valence electrons. The molecule has 7 heteroatoms. The molecule has 1 saturated carbocycles. The molecule has 7 nitrogen and oxygen atoms in total. The van der Waals surface area contributed by atoms with E-state index in [0.29, 0.717) is 30.6 Å². The molecule has 1 aliphatic heterocycles. The quantitative estimate of drug-likeness (QED) is 0.935. The van der Waals surface area contributed by atoms with Crippen LogP contribution in [-0.4, -0.2) is 42.3 Å². The van der Waals surface area contributed by atoms with Gasteiger partial charge in [-0.3, -0.25) is 9.89 Å². The van der Waals surface area contributed by atoms with Crippen LogP contribution < -0.4 is 0 Å². The lowest BCUT2D eigenvalue weighted by Gasteiger charge is -2.27. The highest BCUT2D eigenvalue weighted by atomic mass is 16.2. The number of amides is 1. The van der Waals surface area contributed by atoms with Crippen LogP contribution in [0.5, 0.6) is 0 Å². The van der Waals surface area contributed by atoms with Crippen LogP contribution in [0, 0.1) is 0 Å². The molecule has 0 spiro atoms. The van der Waals surface area contributed by atoms with Gasteiger partial charge in [-0.1, -0.05) is 13.8 Å². The molecule has 3 heterocycles. The second-order valence-corrected chi connectivity index (χ2v) is 6.49. The lowest BCUT2D eigenvalue weighted by Crippen LogP contribution is -2.39. The summed E-state index contributed by atoms with van der Waals surface area (Å²) in [6, 6.07) is 1.90. The van der Waals surface area contributed by atoms with Crippen molar-refractivity contribution in [2.75, 3.05) is 6.54 Å². The molecule has 2 aromatic rings. The number of aromatic amines is 1. The Morgan fingerprint density at radius 1 is 1.32 bits per heavy atom. The fourth-order valence-corrected chi connectivity index (χ4v) is 2.99. The van der Waals surface area contributed by atoms with Crippen LogP contribution in [-0.2, 0) is 13.1 Å². The number of nitrogens with one attached hydrogen (secondary N) is 1. The maximum absolute atomic E-state index is 12.6. The van der Waals surface area contributed by atoms with Gasteiger partial charge in [-0.2, -0.15) is 5.10 Å². The Hall–Kier alpha value is -2.18. The Bertz CT molecular complexity index is 711. The molecule has 1 N–H and O–H groups in total. The Morgan fingerprint density at radius 2 is 2.14 bits per heavy atom. The molecule has 0 unspecified atom stereocenters. The van der Waals surface area contributed by atoms with Crippen molar-refractivity contribution in [2.45, 2.75) is 51.6 Å². The monoisotopic (exact) mass is 300 g/mol. The van der Waals surface area contributed by atoms with Crippen molar-refractivity contribution in [3.63, 3.8) is 0 Å². The van der Waals surface area contributed by atoms with E-state index in [4.69, 9.17) is 0 Å². The first kappa shape index (κ1) is 13.5. The zero-order valence-corrected chi connectivity index (χ0v) is 12.9. The lowest BCUT2D eigenvalue weighted by atomic mass is 10.2. The minimum atomic E-state index is -0.0245. The topological polar surface area (TPSA) is 79.7 Å². The van der Waals surface area contributed by atoms with E-state index in [1.165, 1.54) is 12.8 Å². The van der Waals surface area contributed by atoms with Gasteiger partial charge in [-0.25, -0.2) is 0 Å². The molecule has 2 aliphatic rings. The van der Waals surface area contributed by atoms with Gasteiger partial charge in [-0.05, 0) is 18.9 Å². The summed E-state index contributed by atoms with van der Waals surface area (Å²) in [5.41, 5.74) is 1.60. The fraction of sp³-hybridized carbons (Fsp3) is 0.600. The summed E-state index contributed by atoms with van der Waals surface area (Å²) >= 11 is 0. The van der Waals surface area contributed by atoms with Crippen molar-refractivity contribution in [2.24, 2.45) is 0 Å². The van der Waals surface area contributed by atoms with Crippen LogP contribution in [0.2, 0.25) is 0 Å². The van der Waals surface area contributed by atoms with E-state index in [-0.39, 0.29) is 5.91 Å². The molecule has 0 saturated heterocycles. The highest BCUT2D eigenvalue weighted by Gasteiger charge is 2.30. The standard InChI is InChI=1S/C15H20N6O/c1-9(2)14-19-18-13-8-20(5-6-21(13)14)15(22)12-7-11(16-17-12)10-3-4-10/h7,9-10H,3-6,8H2,1-2H3,(H,16,17). The number of hydrogen-bond acceptors (Lipinski definition) is 4. The molecule has 4 rings (SSSR count). The maximum atomic E-state index is 12.6. The number of rotatable bonds is 3. The third-order valence-electron chi connectivity index (χ3n) is 4.42. The molecular weight excluding hydrogens is 280 g/mol. The molecular formula is C15H20N6O. The molecule has 0 bridgehead atoms. The van der Waals surface area contributed by atoms with E-state index in [0.717, 1.165) is 23.9 Å². The number of aromatic nitrogens is 5. The number of nitrogens with zero attached hydrogens (tertiary/aromatic N) is 5. The van der Waals surface area contributed by atoms with E-state index in [9.17, 15) is 4.79 Å². The smallest absolute Gasteiger partial charge is 0.274 e. The summed E-state index contributed by atoms with van der Waals surface area (Å²) in [4.78, 5) is 14.4. The Balaban J connectivity index is 1.52. The van der Waals surface area contributed by atoms with Gasteiger partial charge >= 0.3 is 0 Å². The Kier molecular flexibility index (Phi) is 3.02. The number of fused-ring (bicyclic) bond motifs is 1. The molecule has 2 aromatic heterocycles. The highest BCUT2D eigenvalue weighted by molar-refractivity contribution is 5.92. The minimum Gasteiger partial charge on any atom is -0.328 e. The van der Waals surface area contributed by atoms with Gasteiger partial charge in [0, 0.05) is 30.6 Å². The first-order valence-corrected chi connectivity index (χ1v) is 7.90. The number of carbonyl (C=O) groups is 1. The Morgan fingerprint density at radius 3 is 2.86 bits per heavy atom. The zero-order valence-electron chi connectivity index (χ0n) is 12.9. The minimum absolute atomic E-state index is 0.0245.